The molecule has 3 unspecified atom stereocenters. The zero-order valence-corrected chi connectivity index (χ0v) is 35.8. The lowest BCUT2D eigenvalue weighted by atomic mass is 9.99. The minimum absolute atomic E-state index is 0.199. The minimum Gasteiger partial charge on any atom is -0.462 e. The molecule has 10 heteroatoms. The van der Waals surface area contributed by atoms with E-state index in [9.17, 15) is 30.0 Å². The van der Waals surface area contributed by atoms with Crippen LogP contribution in [0.25, 0.3) is 0 Å². The van der Waals surface area contributed by atoms with Crippen LogP contribution in [0.1, 0.15) is 149 Å². The Balaban J connectivity index is 2.33. The quantitative estimate of drug-likeness (QED) is 0.0211. The summed E-state index contributed by atoms with van der Waals surface area (Å²) in [7, 11) is 0. The highest BCUT2D eigenvalue weighted by molar-refractivity contribution is 5.70. The summed E-state index contributed by atoms with van der Waals surface area (Å²) in [6, 6.07) is 0. The zero-order valence-electron chi connectivity index (χ0n) is 35.8. The van der Waals surface area contributed by atoms with Crippen molar-refractivity contribution in [3.8, 4) is 0 Å². The van der Waals surface area contributed by atoms with Gasteiger partial charge in [-0.1, -0.05) is 150 Å². The lowest BCUT2D eigenvalue weighted by Gasteiger charge is -2.39. The number of carbonyl (C=O) groups is 2. The first-order valence-electron chi connectivity index (χ1n) is 22.2. The average molecular weight is 815 g/mol. The molecule has 330 valence electrons. The summed E-state index contributed by atoms with van der Waals surface area (Å²) in [5.41, 5.74) is 0. The van der Waals surface area contributed by atoms with Crippen molar-refractivity contribution in [1.82, 2.24) is 0 Å². The lowest BCUT2D eigenvalue weighted by Crippen LogP contribution is -2.59. The van der Waals surface area contributed by atoms with E-state index in [1.807, 2.05) is 18.2 Å². The Morgan fingerprint density at radius 2 is 1.05 bits per heavy atom. The van der Waals surface area contributed by atoms with Crippen molar-refractivity contribution < 1.29 is 49.0 Å². The molecule has 0 aromatic rings. The molecule has 0 radical (unpaired) electrons. The van der Waals surface area contributed by atoms with Crippen LogP contribution >= 0.6 is 0 Å². The molecule has 1 aliphatic heterocycles. The first kappa shape index (κ1) is 52.9. The van der Waals surface area contributed by atoms with Crippen molar-refractivity contribution in [2.45, 2.75) is 185 Å². The van der Waals surface area contributed by atoms with Gasteiger partial charge in [0.25, 0.3) is 0 Å². The maximum atomic E-state index is 12.7. The van der Waals surface area contributed by atoms with Crippen molar-refractivity contribution in [2.75, 3.05) is 19.8 Å². The van der Waals surface area contributed by atoms with E-state index >= 15 is 0 Å². The van der Waals surface area contributed by atoms with E-state index in [-0.39, 0.29) is 26.1 Å². The topological polar surface area (TPSA) is 152 Å². The number of esters is 2. The Morgan fingerprint density at radius 3 is 1.64 bits per heavy atom. The number of allylic oxidation sites excluding steroid dienone is 14. The summed E-state index contributed by atoms with van der Waals surface area (Å²) in [4.78, 5) is 25.3. The summed E-state index contributed by atoms with van der Waals surface area (Å²) in [6.07, 6.45) is 41.6. The number of hydrogen-bond acceptors (Lipinski definition) is 10. The Kier molecular flexibility index (Phi) is 34.8. The van der Waals surface area contributed by atoms with Crippen LogP contribution in [-0.4, -0.2) is 89.0 Å². The largest absolute Gasteiger partial charge is 0.462 e. The molecular formula is C48H78O10. The highest BCUT2D eigenvalue weighted by Crippen LogP contribution is 2.22. The Hall–Kier alpha value is -3.12. The van der Waals surface area contributed by atoms with E-state index in [2.05, 4.69) is 80.7 Å². The van der Waals surface area contributed by atoms with Gasteiger partial charge in [-0.15, -0.1) is 0 Å². The second-order valence-corrected chi connectivity index (χ2v) is 14.8. The smallest absolute Gasteiger partial charge is 0.306 e. The van der Waals surface area contributed by atoms with Gasteiger partial charge < -0.3 is 39.4 Å². The van der Waals surface area contributed by atoms with Crippen molar-refractivity contribution in [1.29, 1.82) is 0 Å². The van der Waals surface area contributed by atoms with Gasteiger partial charge in [-0.25, -0.2) is 0 Å². The fourth-order valence-corrected chi connectivity index (χ4v) is 6.12. The molecule has 0 bridgehead atoms. The molecule has 0 aromatic heterocycles. The second-order valence-electron chi connectivity index (χ2n) is 14.8. The second kappa shape index (κ2) is 38.1. The molecule has 6 atom stereocenters. The van der Waals surface area contributed by atoms with Crippen LogP contribution in [0.4, 0.5) is 0 Å². The molecule has 0 amide bonds. The van der Waals surface area contributed by atoms with E-state index in [0.29, 0.717) is 12.8 Å². The van der Waals surface area contributed by atoms with Gasteiger partial charge in [0.15, 0.2) is 12.4 Å². The van der Waals surface area contributed by atoms with Gasteiger partial charge in [0, 0.05) is 12.8 Å². The molecule has 0 saturated carbocycles. The molecule has 1 heterocycles. The van der Waals surface area contributed by atoms with Gasteiger partial charge >= 0.3 is 11.9 Å². The SMILES string of the molecule is CC/C=C/C=C/C=C/CCCCCCCC(=O)OC(COC(=O)CCCCCCCCC/C=C/C/C=C/C/C=C/C/C=C/CC)CO[C@H]1O[C@@H](CO)[C@@H](O)C(O)C1O. The van der Waals surface area contributed by atoms with Crippen molar-refractivity contribution in [2.24, 2.45) is 0 Å². The normalized spacial score (nSPS) is 21.0. The molecule has 0 aromatic carbocycles. The highest BCUT2D eigenvalue weighted by atomic mass is 16.7. The molecule has 1 fully saturated rings. The number of rotatable bonds is 35. The third-order valence-corrected chi connectivity index (χ3v) is 9.59. The van der Waals surface area contributed by atoms with E-state index < -0.39 is 55.4 Å². The number of hydrogen-bond donors (Lipinski definition) is 4. The molecule has 0 aliphatic carbocycles. The van der Waals surface area contributed by atoms with Gasteiger partial charge in [0.1, 0.15) is 31.0 Å². The molecule has 1 aliphatic rings. The molecule has 4 N–H and O–H groups in total. The molecule has 10 nitrogen and oxygen atoms in total. The summed E-state index contributed by atoms with van der Waals surface area (Å²) in [5.74, 6) is -0.852. The fourth-order valence-electron chi connectivity index (χ4n) is 6.12. The predicted molar refractivity (Wildman–Crippen MR) is 233 cm³/mol. The Bertz CT molecular complexity index is 1220. The van der Waals surface area contributed by atoms with Crippen LogP contribution < -0.4 is 0 Å². The molecular weight excluding hydrogens is 737 g/mol. The van der Waals surface area contributed by atoms with Crippen molar-refractivity contribution in [3.63, 3.8) is 0 Å². The highest BCUT2D eigenvalue weighted by Gasteiger charge is 2.44. The van der Waals surface area contributed by atoms with Crippen LogP contribution in [0.5, 0.6) is 0 Å². The van der Waals surface area contributed by atoms with Crippen LogP contribution in [-0.2, 0) is 28.5 Å². The summed E-state index contributed by atoms with van der Waals surface area (Å²) in [5, 5.41) is 40.0. The van der Waals surface area contributed by atoms with Crippen LogP contribution in [0.15, 0.2) is 85.1 Å². The van der Waals surface area contributed by atoms with Gasteiger partial charge in [-0.05, 0) is 70.6 Å². The van der Waals surface area contributed by atoms with Crippen LogP contribution in [0, 0.1) is 0 Å². The molecule has 0 spiro atoms. The number of aliphatic hydroxyl groups is 4. The van der Waals surface area contributed by atoms with Gasteiger partial charge in [0.05, 0.1) is 13.2 Å². The van der Waals surface area contributed by atoms with E-state index in [0.717, 1.165) is 89.9 Å². The lowest BCUT2D eigenvalue weighted by molar-refractivity contribution is -0.305. The van der Waals surface area contributed by atoms with Gasteiger partial charge in [-0.3, -0.25) is 9.59 Å². The Labute approximate surface area is 350 Å². The summed E-state index contributed by atoms with van der Waals surface area (Å²) >= 11 is 0. The Morgan fingerprint density at radius 1 is 0.552 bits per heavy atom. The maximum absolute atomic E-state index is 12.7. The van der Waals surface area contributed by atoms with E-state index in [4.69, 9.17) is 18.9 Å². The zero-order chi connectivity index (χ0) is 42.3. The van der Waals surface area contributed by atoms with Crippen molar-refractivity contribution >= 4 is 11.9 Å². The molecule has 1 saturated heterocycles. The fraction of sp³-hybridized carbons (Fsp3) is 0.667. The van der Waals surface area contributed by atoms with Crippen LogP contribution in [0.2, 0.25) is 0 Å². The minimum atomic E-state index is -1.60. The predicted octanol–water partition coefficient (Wildman–Crippen LogP) is 9.38. The van der Waals surface area contributed by atoms with Crippen LogP contribution in [0.3, 0.4) is 0 Å². The number of ether oxygens (including phenoxy) is 4. The maximum Gasteiger partial charge on any atom is 0.306 e. The molecule has 1 rings (SSSR count). The van der Waals surface area contributed by atoms with Crippen molar-refractivity contribution in [3.05, 3.63) is 85.1 Å². The van der Waals surface area contributed by atoms with E-state index in [1.54, 1.807) is 0 Å². The third kappa shape index (κ3) is 29.1. The first-order valence-corrected chi connectivity index (χ1v) is 22.2. The number of carbonyl (C=O) groups excluding carboxylic acids is 2. The monoisotopic (exact) mass is 815 g/mol. The number of unbranched alkanes of at least 4 members (excludes halogenated alkanes) is 12. The molecule has 58 heavy (non-hydrogen) atoms. The standard InChI is InChI=1S/C48H78O10/c1-3-5-7-9-11-13-15-17-18-19-20-21-22-23-25-26-28-30-32-34-36-43(50)55-39-41(40-56-48-47(54)46(53)45(52)42(38-49)58-48)57-44(51)37-35-33-31-29-27-24-16-14-12-10-8-6-4-2/h5-8,10-14,16-18,20-21,41-42,45-49,52-54H,3-4,9,15,19,22-40H2,1-2H3/b7-5+,8-6+,12-10+,13-11+,16-14+,18-17+,21-20+/t41?,42-,45+,46?,47?,48-/m0/s1. The summed E-state index contributed by atoms with van der Waals surface area (Å²) in [6.45, 7) is 3.12. The van der Waals surface area contributed by atoms with Gasteiger partial charge in [-0.2, -0.15) is 0 Å². The summed E-state index contributed by atoms with van der Waals surface area (Å²) < 4.78 is 22.1. The van der Waals surface area contributed by atoms with Gasteiger partial charge in [0.2, 0.25) is 0 Å². The van der Waals surface area contributed by atoms with E-state index in [1.165, 1.54) is 19.3 Å². The number of aliphatic hydroxyl groups excluding tert-OH is 4. The average Bonchev–Trinajstić information content (AvgIpc) is 3.22. The third-order valence-electron chi connectivity index (χ3n) is 9.59. The first-order chi connectivity index (χ1) is 28.3.